The van der Waals surface area contributed by atoms with Gasteiger partial charge < -0.3 is 9.47 Å². The van der Waals surface area contributed by atoms with Gasteiger partial charge in [0.15, 0.2) is 0 Å². The van der Waals surface area contributed by atoms with Crippen molar-refractivity contribution in [3.63, 3.8) is 0 Å². The fourth-order valence-electron chi connectivity index (χ4n) is 3.56. The highest BCUT2D eigenvalue weighted by Crippen LogP contribution is 2.31. The van der Waals surface area contributed by atoms with Crippen LogP contribution in [0.4, 0.5) is 0 Å². The van der Waals surface area contributed by atoms with Gasteiger partial charge in [-0.25, -0.2) is 0 Å². The molecule has 4 nitrogen and oxygen atoms in total. The van der Waals surface area contributed by atoms with Crippen molar-refractivity contribution in [3.05, 3.63) is 29.3 Å². The van der Waals surface area contributed by atoms with Crippen LogP contribution in [0.2, 0.25) is 0 Å². The average Bonchev–Trinajstić information content (AvgIpc) is 2.55. The van der Waals surface area contributed by atoms with Gasteiger partial charge in [-0.1, -0.05) is 12.8 Å². The summed E-state index contributed by atoms with van der Waals surface area (Å²) in [6.07, 6.45) is 5.35. The summed E-state index contributed by atoms with van der Waals surface area (Å²) in [5.41, 5.74) is 1.79. The number of benzene rings is 1. The van der Waals surface area contributed by atoms with Crippen LogP contribution in [0, 0.1) is 11.3 Å². The molecule has 2 fully saturated rings. The maximum Gasteiger partial charge on any atom is 0.123 e. The molecule has 0 bridgehead atoms. The molecule has 2 atom stereocenters. The molecule has 1 heterocycles. The first-order valence-corrected chi connectivity index (χ1v) is 7.74. The van der Waals surface area contributed by atoms with Gasteiger partial charge in [0.1, 0.15) is 5.75 Å². The number of methoxy groups -OCH3 is 1. The Bertz CT molecular complexity index is 536. The van der Waals surface area contributed by atoms with Gasteiger partial charge in [0.25, 0.3) is 0 Å². The summed E-state index contributed by atoms with van der Waals surface area (Å²) in [4.78, 5) is 2.51. The Morgan fingerprint density at radius 2 is 2.24 bits per heavy atom. The zero-order valence-corrected chi connectivity index (χ0v) is 12.5. The van der Waals surface area contributed by atoms with Gasteiger partial charge in [0, 0.05) is 24.7 Å². The minimum absolute atomic E-state index is 0.387. The average molecular weight is 286 g/mol. The SMILES string of the molecule is COc1ccc(C#N)cc1CN1CCOC2CCCCC21. The molecule has 1 aromatic rings. The number of hydrogen-bond donors (Lipinski definition) is 0. The molecule has 0 radical (unpaired) electrons. The van der Waals surface area contributed by atoms with E-state index in [0.29, 0.717) is 17.7 Å². The second kappa shape index (κ2) is 6.46. The van der Waals surface area contributed by atoms with Crippen LogP contribution in [0.25, 0.3) is 0 Å². The van der Waals surface area contributed by atoms with Gasteiger partial charge in [0.05, 0.1) is 31.5 Å². The second-order valence-electron chi connectivity index (χ2n) is 5.87. The third-order valence-electron chi connectivity index (χ3n) is 4.63. The van der Waals surface area contributed by atoms with Crippen LogP contribution >= 0.6 is 0 Å². The Kier molecular flexibility index (Phi) is 4.42. The zero-order valence-electron chi connectivity index (χ0n) is 12.5. The van der Waals surface area contributed by atoms with Gasteiger partial charge in [-0.2, -0.15) is 5.26 Å². The van der Waals surface area contributed by atoms with Crippen LogP contribution < -0.4 is 4.74 Å². The summed E-state index contributed by atoms with van der Waals surface area (Å²) in [5, 5.41) is 9.09. The first kappa shape index (κ1) is 14.4. The smallest absolute Gasteiger partial charge is 0.123 e. The van der Waals surface area contributed by atoms with Crippen molar-refractivity contribution in [3.8, 4) is 11.8 Å². The molecule has 0 spiro atoms. The Balaban J connectivity index is 1.80. The molecule has 0 aromatic heterocycles. The van der Waals surface area contributed by atoms with Gasteiger partial charge in [0.2, 0.25) is 0 Å². The number of nitrogens with zero attached hydrogens (tertiary/aromatic N) is 2. The predicted octanol–water partition coefficient (Wildman–Crippen LogP) is 2.71. The van der Waals surface area contributed by atoms with Gasteiger partial charge in [-0.15, -0.1) is 0 Å². The molecule has 1 saturated carbocycles. The molecule has 112 valence electrons. The van der Waals surface area contributed by atoms with Crippen LogP contribution in [-0.4, -0.2) is 37.3 Å². The normalized spacial score (nSPS) is 25.9. The van der Waals surface area contributed by atoms with Gasteiger partial charge in [-0.3, -0.25) is 4.90 Å². The molecular formula is C17H22N2O2. The Hall–Kier alpha value is -1.57. The minimum atomic E-state index is 0.387. The lowest BCUT2D eigenvalue weighted by Gasteiger charge is -2.44. The van der Waals surface area contributed by atoms with Crippen LogP contribution in [-0.2, 0) is 11.3 Å². The molecule has 3 rings (SSSR count). The highest BCUT2D eigenvalue weighted by Gasteiger charge is 2.34. The van der Waals surface area contributed by atoms with Crippen molar-refractivity contribution < 1.29 is 9.47 Å². The third-order valence-corrected chi connectivity index (χ3v) is 4.63. The first-order valence-electron chi connectivity index (χ1n) is 7.74. The van der Waals surface area contributed by atoms with E-state index in [0.717, 1.165) is 31.0 Å². The molecule has 0 amide bonds. The highest BCUT2D eigenvalue weighted by atomic mass is 16.5. The maximum absolute atomic E-state index is 9.09. The Labute approximate surface area is 126 Å². The number of morpholine rings is 1. The number of fused-ring (bicyclic) bond motifs is 1. The standard InChI is InChI=1S/C17H22N2O2/c1-20-16-7-6-13(11-18)10-14(16)12-19-8-9-21-17-5-3-2-4-15(17)19/h6-7,10,15,17H,2-5,8-9,12H2,1H3. The Morgan fingerprint density at radius 1 is 1.38 bits per heavy atom. The lowest BCUT2D eigenvalue weighted by molar-refractivity contribution is -0.0912. The third kappa shape index (κ3) is 3.04. The van der Waals surface area contributed by atoms with Crippen LogP contribution in [0.15, 0.2) is 18.2 Å². The molecule has 21 heavy (non-hydrogen) atoms. The van der Waals surface area contributed by atoms with Crippen LogP contribution in [0.5, 0.6) is 5.75 Å². The molecular weight excluding hydrogens is 264 g/mol. The van der Waals surface area contributed by atoms with Crippen molar-refractivity contribution in [2.24, 2.45) is 0 Å². The molecule has 2 aliphatic rings. The van der Waals surface area contributed by atoms with Crippen LogP contribution in [0.1, 0.15) is 36.8 Å². The van der Waals surface area contributed by atoms with E-state index >= 15 is 0 Å². The molecule has 1 saturated heterocycles. The summed E-state index contributed by atoms with van der Waals surface area (Å²) >= 11 is 0. The van der Waals surface area contributed by atoms with E-state index in [1.54, 1.807) is 7.11 Å². The van der Waals surface area contributed by atoms with Crippen molar-refractivity contribution in [1.29, 1.82) is 5.26 Å². The van der Waals surface area contributed by atoms with E-state index in [-0.39, 0.29) is 0 Å². The molecule has 1 aliphatic heterocycles. The Morgan fingerprint density at radius 3 is 3.05 bits per heavy atom. The van der Waals surface area contributed by atoms with Crippen molar-refractivity contribution in [1.82, 2.24) is 4.90 Å². The van der Waals surface area contributed by atoms with Crippen LogP contribution in [0.3, 0.4) is 0 Å². The van der Waals surface area contributed by atoms with Crippen molar-refractivity contribution in [2.45, 2.75) is 44.4 Å². The maximum atomic E-state index is 9.09. The summed E-state index contributed by atoms with van der Waals surface area (Å²) < 4.78 is 11.4. The van der Waals surface area contributed by atoms with E-state index in [9.17, 15) is 0 Å². The van der Waals surface area contributed by atoms with E-state index in [1.807, 2.05) is 18.2 Å². The number of hydrogen-bond acceptors (Lipinski definition) is 4. The molecule has 1 aliphatic carbocycles. The molecule has 0 N–H and O–H groups in total. The van der Waals surface area contributed by atoms with Crippen molar-refractivity contribution in [2.75, 3.05) is 20.3 Å². The summed E-state index contributed by atoms with van der Waals surface area (Å²) in [7, 11) is 1.69. The lowest BCUT2D eigenvalue weighted by Crippen LogP contribution is -2.52. The lowest BCUT2D eigenvalue weighted by atomic mass is 9.90. The van der Waals surface area contributed by atoms with E-state index in [1.165, 1.54) is 25.7 Å². The molecule has 1 aromatic carbocycles. The predicted molar refractivity (Wildman–Crippen MR) is 80.1 cm³/mol. The van der Waals surface area contributed by atoms with E-state index < -0.39 is 0 Å². The van der Waals surface area contributed by atoms with Gasteiger partial charge >= 0.3 is 0 Å². The second-order valence-corrected chi connectivity index (χ2v) is 5.87. The number of nitriles is 1. The van der Waals surface area contributed by atoms with E-state index in [2.05, 4.69) is 11.0 Å². The first-order chi connectivity index (χ1) is 10.3. The molecule has 2 unspecified atom stereocenters. The molecule has 4 heteroatoms. The highest BCUT2D eigenvalue weighted by molar-refractivity contribution is 5.42. The fourth-order valence-corrected chi connectivity index (χ4v) is 3.56. The monoisotopic (exact) mass is 286 g/mol. The fraction of sp³-hybridized carbons (Fsp3) is 0.588. The zero-order chi connectivity index (χ0) is 14.7. The summed E-state index contributed by atoms with van der Waals surface area (Å²) in [5.74, 6) is 0.868. The quantitative estimate of drug-likeness (QED) is 0.857. The minimum Gasteiger partial charge on any atom is -0.496 e. The van der Waals surface area contributed by atoms with E-state index in [4.69, 9.17) is 14.7 Å². The summed E-state index contributed by atoms with van der Waals surface area (Å²) in [6, 6.07) is 8.39. The topological polar surface area (TPSA) is 45.5 Å². The largest absolute Gasteiger partial charge is 0.496 e. The van der Waals surface area contributed by atoms with Crippen molar-refractivity contribution >= 4 is 0 Å². The summed E-state index contributed by atoms with van der Waals surface area (Å²) in [6.45, 7) is 2.60. The number of rotatable bonds is 3. The number of ether oxygens (including phenoxy) is 2. The van der Waals surface area contributed by atoms with Gasteiger partial charge in [-0.05, 0) is 31.0 Å².